The normalized spacial score (nSPS) is 22.8. The number of carbonyl (C=O) groups excluding carboxylic acids is 3. The number of aliphatic carboxylic acids is 1. The molecule has 1 rings (SSSR count). The zero-order chi connectivity index (χ0) is 20.2. The lowest BCUT2D eigenvalue weighted by Crippen LogP contribution is -2.61. The first-order chi connectivity index (χ1) is 12.0. The van der Waals surface area contributed by atoms with Crippen molar-refractivity contribution in [2.24, 2.45) is 23.7 Å². The Labute approximate surface area is 154 Å². The SMILES string of the molecule is CCC(C)C(NC(=O)C(NC(=O)C1OC(=O)C1C(C)C)C(C)C)C(=O)O. The van der Waals surface area contributed by atoms with Crippen LogP contribution >= 0.6 is 0 Å². The van der Waals surface area contributed by atoms with Crippen molar-refractivity contribution in [3.63, 3.8) is 0 Å². The average Bonchev–Trinajstić information content (AvgIpc) is 2.52. The van der Waals surface area contributed by atoms with E-state index in [2.05, 4.69) is 10.6 Å². The summed E-state index contributed by atoms with van der Waals surface area (Å²) in [6, 6.07) is -1.95. The van der Waals surface area contributed by atoms with Crippen molar-refractivity contribution < 1.29 is 29.0 Å². The van der Waals surface area contributed by atoms with Crippen LogP contribution in [-0.4, -0.2) is 47.0 Å². The summed E-state index contributed by atoms with van der Waals surface area (Å²) in [4.78, 5) is 47.9. The van der Waals surface area contributed by atoms with Crippen LogP contribution in [0.5, 0.6) is 0 Å². The molecule has 0 bridgehead atoms. The Morgan fingerprint density at radius 3 is 2.04 bits per heavy atom. The van der Waals surface area contributed by atoms with Crippen LogP contribution in [0.2, 0.25) is 0 Å². The third-order valence-corrected chi connectivity index (χ3v) is 4.84. The number of carbonyl (C=O) groups is 4. The average molecular weight is 370 g/mol. The van der Waals surface area contributed by atoms with Crippen molar-refractivity contribution in [3.05, 3.63) is 0 Å². The zero-order valence-corrected chi connectivity index (χ0v) is 16.2. The first-order valence-corrected chi connectivity index (χ1v) is 9.05. The predicted molar refractivity (Wildman–Crippen MR) is 94.0 cm³/mol. The summed E-state index contributed by atoms with van der Waals surface area (Å²) in [5.74, 6) is -3.74. The molecule has 26 heavy (non-hydrogen) atoms. The number of nitrogens with one attached hydrogen (secondary N) is 2. The Hall–Kier alpha value is -2.12. The number of hydrogen-bond donors (Lipinski definition) is 3. The molecule has 148 valence electrons. The summed E-state index contributed by atoms with van der Waals surface area (Å²) in [7, 11) is 0. The second-order valence-corrected chi connectivity index (χ2v) is 7.57. The minimum Gasteiger partial charge on any atom is -0.480 e. The number of ether oxygens (including phenoxy) is 1. The van der Waals surface area contributed by atoms with Crippen LogP contribution in [0.15, 0.2) is 0 Å². The highest BCUT2D eigenvalue weighted by Crippen LogP contribution is 2.29. The van der Waals surface area contributed by atoms with Crippen molar-refractivity contribution in [1.29, 1.82) is 0 Å². The summed E-state index contributed by atoms with van der Waals surface area (Å²) in [5.41, 5.74) is 0. The van der Waals surface area contributed by atoms with Crippen molar-refractivity contribution in [2.45, 2.75) is 66.2 Å². The lowest BCUT2D eigenvalue weighted by Gasteiger charge is -2.37. The van der Waals surface area contributed by atoms with Crippen LogP contribution in [0.25, 0.3) is 0 Å². The van der Waals surface area contributed by atoms with Crippen molar-refractivity contribution >= 4 is 23.8 Å². The molecule has 1 fully saturated rings. The zero-order valence-electron chi connectivity index (χ0n) is 16.2. The van der Waals surface area contributed by atoms with E-state index in [1.807, 2.05) is 20.8 Å². The maximum absolute atomic E-state index is 12.6. The van der Waals surface area contributed by atoms with E-state index in [1.54, 1.807) is 20.8 Å². The van der Waals surface area contributed by atoms with Crippen LogP contribution < -0.4 is 10.6 Å². The molecule has 1 aliphatic rings. The van der Waals surface area contributed by atoms with Crippen LogP contribution in [0.4, 0.5) is 0 Å². The highest BCUT2D eigenvalue weighted by Gasteiger charge is 2.49. The summed E-state index contributed by atoms with van der Waals surface area (Å²) in [5, 5.41) is 14.4. The highest BCUT2D eigenvalue weighted by atomic mass is 16.6. The van der Waals surface area contributed by atoms with Crippen LogP contribution in [0, 0.1) is 23.7 Å². The molecule has 1 heterocycles. The Bertz CT molecular complexity index is 560. The van der Waals surface area contributed by atoms with E-state index in [1.165, 1.54) is 0 Å². The van der Waals surface area contributed by atoms with Gasteiger partial charge in [-0.25, -0.2) is 4.79 Å². The van der Waals surface area contributed by atoms with Crippen LogP contribution in [0.3, 0.4) is 0 Å². The molecule has 8 heteroatoms. The first-order valence-electron chi connectivity index (χ1n) is 9.05. The van der Waals surface area contributed by atoms with E-state index < -0.39 is 47.9 Å². The van der Waals surface area contributed by atoms with E-state index in [4.69, 9.17) is 4.74 Å². The minimum atomic E-state index is -1.12. The fourth-order valence-corrected chi connectivity index (χ4v) is 2.86. The van der Waals surface area contributed by atoms with E-state index >= 15 is 0 Å². The molecule has 1 saturated heterocycles. The van der Waals surface area contributed by atoms with Gasteiger partial charge in [0.05, 0.1) is 0 Å². The summed E-state index contributed by atoms with van der Waals surface area (Å²) < 4.78 is 4.93. The lowest BCUT2D eigenvalue weighted by atomic mass is 9.85. The molecule has 0 spiro atoms. The molecule has 0 aliphatic carbocycles. The topological polar surface area (TPSA) is 122 Å². The third-order valence-electron chi connectivity index (χ3n) is 4.84. The molecule has 3 N–H and O–H groups in total. The highest BCUT2D eigenvalue weighted by molar-refractivity contribution is 5.97. The predicted octanol–water partition coefficient (Wildman–Crippen LogP) is 0.940. The molecule has 5 atom stereocenters. The number of rotatable bonds is 9. The van der Waals surface area contributed by atoms with E-state index in [0.717, 1.165) is 0 Å². The molecule has 0 aromatic rings. The molecule has 1 aliphatic heterocycles. The van der Waals surface area contributed by atoms with Gasteiger partial charge in [0.15, 0.2) is 6.10 Å². The van der Waals surface area contributed by atoms with Crippen LogP contribution in [0.1, 0.15) is 48.0 Å². The van der Waals surface area contributed by atoms with Gasteiger partial charge in [-0.2, -0.15) is 0 Å². The minimum absolute atomic E-state index is 0.0554. The quantitative estimate of drug-likeness (QED) is 0.519. The van der Waals surface area contributed by atoms with E-state index in [9.17, 15) is 24.3 Å². The maximum Gasteiger partial charge on any atom is 0.326 e. The van der Waals surface area contributed by atoms with Crippen LogP contribution in [-0.2, 0) is 23.9 Å². The fraction of sp³-hybridized carbons (Fsp3) is 0.778. The summed E-state index contributed by atoms with van der Waals surface area (Å²) >= 11 is 0. The number of carboxylic acids is 1. The van der Waals surface area contributed by atoms with Gasteiger partial charge in [0.2, 0.25) is 5.91 Å². The monoisotopic (exact) mass is 370 g/mol. The number of amides is 2. The van der Waals surface area contributed by atoms with Crippen molar-refractivity contribution in [1.82, 2.24) is 10.6 Å². The maximum atomic E-state index is 12.6. The fourth-order valence-electron chi connectivity index (χ4n) is 2.86. The molecule has 0 aromatic carbocycles. The van der Waals surface area contributed by atoms with Gasteiger partial charge in [-0.1, -0.05) is 48.0 Å². The third kappa shape index (κ3) is 4.95. The molecular formula is C18H30N2O6. The lowest BCUT2D eigenvalue weighted by molar-refractivity contribution is -0.193. The van der Waals surface area contributed by atoms with Gasteiger partial charge in [0, 0.05) is 0 Å². The second-order valence-electron chi connectivity index (χ2n) is 7.57. The first kappa shape index (κ1) is 21.9. The van der Waals surface area contributed by atoms with Crippen molar-refractivity contribution in [2.75, 3.05) is 0 Å². The van der Waals surface area contributed by atoms with Gasteiger partial charge < -0.3 is 20.5 Å². The number of esters is 1. The Morgan fingerprint density at radius 2 is 1.65 bits per heavy atom. The van der Waals surface area contributed by atoms with Gasteiger partial charge in [-0.05, 0) is 17.8 Å². The number of hydrogen-bond acceptors (Lipinski definition) is 5. The van der Waals surface area contributed by atoms with Crippen molar-refractivity contribution in [3.8, 4) is 0 Å². The number of carboxylic acid groups (broad SMARTS) is 1. The molecule has 0 aromatic heterocycles. The summed E-state index contributed by atoms with van der Waals surface area (Å²) in [6.07, 6.45) is -0.328. The van der Waals surface area contributed by atoms with Gasteiger partial charge in [-0.3, -0.25) is 14.4 Å². The molecule has 0 radical (unpaired) electrons. The van der Waals surface area contributed by atoms with E-state index in [-0.39, 0.29) is 17.8 Å². The smallest absolute Gasteiger partial charge is 0.326 e. The Balaban J connectivity index is 2.82. The van der Waals surface area contributed by atoms with Gasteiger partial charge in [0.1, 0.15) is 18.0 Å². The molecule has 5 unspecified atom stereocenters. The Morgan fingerprint density at radius 1 is 1.08 bits per heavy atom. The largest absolute Gasteiger partial charge is 0.480 e. The Kier molecular flexibility index (Phi) is 7.59. The van der Waals surface area contributed by atoms with Gasteiger partial charge in [-0.15, -0.1) is 0 Å². The summed E-state index contributed by atoms with van der Waals surface area (Å²) in [6.45, 7) is 10.7. The van der Waals surface area contributed by atoms with Gasteiger partial charge in [0.25, 0.3) is 5.91 Å². The standard InChI is InChI=1S/C18H30N2O6/c1-7-10(6)13(17(23)24)20-15(21)12(9(4)5)19-16(22)14-11(8(2)3)18(25)26-14/h8-14H,7H2,1-6H3,(H,19,22)(H,20,21)(H,23,24). The molecule has 2 amide bonds. The van der Waals surface area contributed by atoms with Gasteiger partial charge >= 0.3 is 11.9 Å². The van der Waals surface area contributed by atoms with E-state index in [0.29, 0.717) is 6.42 Å². The molecule has 0 saturated carbocycles. The molecule has 8 nitrogen and oxygen atoms in total. The molecular weight excluding hydrogens is 340 g/mol. The number of cyclic esters (lactones) is 1. The second kappa shape index (κ2) is 9.00.